The summed E-state index contributed by atoms with van der Waals surface area (Å²) < 4.78 is 5.34. The van der Waals surface area contributed by atoms with E-state index in [0.29, 0.717) is 12.5 Å². The Labute approximate surface area is 80.3 Å². The molecule has 13 heavy (non-hydrogen) atoms. The summed E-state index contributed by atoms with van der Waals surface area (Å²) in [5.41, 5.74) is 0. The molecule has 2 aliphatic rings. The van der Waals surface area contributed by atoms with Crippen molar-refractivity contribution in [2.45, 2.75) is 32.1 Å². The van der Waals surface area contributed by atoms with Gasteiger partial charge in [0, 0.05) is 19.8 Å². The highest BCUT2D eigenvalue weighted by molar-refractivity contribution is 4.83. The summed E-state index contributed by atoms with van der Waals surface area (Å²) in [5.74, 6) is 2.15. The Morgan fingerprint density at radius 3 is 2.15 bits per heavy atom. The SMILES string of the molecule is OCC(C1CCC1)C1CCOCC1. The van der Waals surface area contributed by atoms with E-state index in [9.17, 15) is 5.11 Å². The Morgan fingerprint density at radius 2 is 1.69 bits per heavy atom. The largest absolute Gasteiger partial charge is 0.396 e. The molecule has 2 rings (SSSR count). The second kappa shape index (κ2) is 4.43. The fraction of sp³-hybridized carbons (Fsp3) is 1.00. The molecule has 2 fully saturated rings. The van der Waals surface area contributed by atoms with Crippen LogP contribution in [-0.4, -0.2) is 24.9 Å². The summed E-state index contributed by atoms with van der Waals surface area (Å²) in [7, 11) is 0. The van der Waals surface area contributed by atoms with E-state index >= 15 is 0 Å². The maximum Gasteiger partial charge on any atom is 0.0468 e. The van der Waals surface area contributed by atoms with Crippen molar-refractivity contribution in [3.8, 4) is 0 Å². The molecule has 0 aromatic carbocycles. The van der Waals surface area contributed by atoms with Gasteiger partial charge in [0.05, 0.1) is 0 Å². The molecule has 1 saturated carbocycles. The lowest BCUT2D eigenvalue weighted by Crippen LogP contribution is -2.34. The average Bonchev–Trinajstić information content (AvgIpc) is 2.12. The van der Waals surface area contributed by atoms with Crippen LogP contribution >= 0.6 is 0 Å². The summed E-state index contributed by atoms with van der Waals surface area (Å²) >= 11 is 0. The van der Waals surface area contributed by atoms with Crippen LogP contribution in [0.4, 0.5) is 0 Å². The van der Waals surface area contributed by atoms with Crippen molar-refractivity contribution in [1.82, 2.24) is 0 Å². The minimum Gasteiger partial charge on any atom is -0.396 e. The molecule has 0 radical (unpaired) electrons. The molecule has 0 amide bonds. The summed E-state index contributed by atoms with van der Waals surface area (Å²) in [5, 5.41) is 9.37. The van der Waals surface area contributed by atoms with Crippen molar-refractivity contribution in [2.24, 2.45) is 17.8 Å². The highest BCUT2D eigenvalue weighted by Gasteiger charge is 2.33. The van der Waals surface area contributed by atoms with Gasteiger partial charge in [-0.25, -0.2) is 0 Å². The molecular formula is C11H20O2. The van der Waals surface area contributed by atoms with E-state index in [0.717, 1.165) is 25.0 Å². The van der Waals surface area contributed by atoms with Crippen molar-refractivity contribution < 1.29 is 9.84 Å². The third kappa shape index (κ3) is 2.05. The lowest BCUT2D eigenvalue weighted by atomic mass is 9.69. The lowest BCUT2D eigenvalue weighted by molar-refractivity contribution is 0.000917. The Kier molecular flexibility index (Phi) is 3.23. The average molecular weight is 184 g/mol. The Bertz CT molecular complexity index is 148. The second-order valence-corrected chi connectivity index (χ2v) is 4.49. The first-order valence-electron chi connectivity index (χ1n) is 5.60. The predicted octanol–water partition coefficient (Wildman–Crippen LogP) is 1.82. The van der Waals surface area contributed by atoms with Crippen molar-refractivity contribution in [3.05, 3.63) is 0 Å². The molecule has 1 aliphatic carbocycles. The summed E-state index contributed by atoms with van der Waals surface area (Å²) in [6.07, 6.45) is 6.42. The maximum atomic E-state index is 9.37. The van der Waals surface area contributed by atoms with Gasteiger partial charge in [-0.15, -0.1) is 0 Å². The molecule has 0 aromatic rings. The van der Waals surface area contributed by atoms with Crippen molar-refractivity contribution in [2.75, 3.05) is 19.8 Å². The van der Waals surface area contributed by atoms with Crippen molar-refractivity contribution in [3.63, 3.8) is 0 Å². The third-order valence-electron chi connectivity index (χ3n) is 3.84. The Morgan fingerprint density at radius 1 is 1.08 bits per heavy atom. The van der Waals surface area contributed by atoms with E-state index < -0.39 is 0 Å². The molecule has 2 nitrogen and oxygen atoms in total. The van der Waals surface area contributed by atoms with Gasteiger partial charge in [-0.1, -0.05) is 19.3 Å². The Balaban J connectivity index is 1.86. The molecule has 0 bridgehead atoms. The zero-order valence-electron chi connectivity index (χ0n) is 8.24. The van der Waals surface area contributed by atoms with Gasteiger partial charge < -0.3 is 9.84 Å². The number of hydrogen-bond donors (Lipinski definition) is 1. The first-order valence-corrected chi connectivity index (χ1v) is 5.60. The summed E-state index contributed by atoms with van der Waals surface area (Å²) in [4.78, 5) is 0. The molecular weight excluding hydrogens is 164 g/mol. The fourth-order valence-electron chi connectivity index (χ4n) is 2.69. The molecule has 1 atom stereocenters. The minimum atomic E-state index is 0.398. The van der Waals surface area contributed by atoms with Crippen LogP contribution in [0.25, 0.3) is 0 Å². The zero-order valence-corrected chi connectivity index (χ0v) is 8.24. The van der Waals surface area contributed by atoms with Gasteiger partial charge >= 0.3 is 0 Å². The normalized spacial score (nSPS) is 28.4. The van der Waals surface area contributed by atoms with E-state index in [1.807, 2.05) is 0 Å². The minimum absolute atomic E-state index is 0.398. The monoisotopic (exact) mass is 184 g/mol. The highest BCUT2D eigenvalue weighted by Crippen LogP contribution is 2.39. The van der Waals surface area contributed by atoms with Crippen LogP contribution < -0.4 is 0 Å². The van der Waals surface area contributed by atoms with Gasteiger partial charge in [0.1, 0.15) is 0 Å². The van der Waals surface area contributed by atoms with Gasteiger partial charge in [0.15, 0.2) is 0 Å². The van der Waals surface area contributed by atoms with Crippen LogP contribution in [0.2, 0.25) is 0 Å². The van der Waals surface area contributed by atoms with E-state index in [2.05, 4.69) is 0 Å². The summed E-state index contributed by atoms with van der Waals surface area (Å²) in [6.45, 7) is 2.22. The van der Waals surface area contributed by atoms with Crippen LogP contribution in [-0.2, 0) is 4.74 Å². The molecule has 1 unspecified atom stereocenters. The van der Waals surface area contributed by atoms with Crippen LogP contribution in [0.5, 0.6) is 0 Å². The molecule has 1 heterocycles. The van der Waals surface area contributed by atoms with E-state index in [4.69, 9.17) is 4.74 Å². The molecule has 1 saturated heterocycles. The van der Waals surface area contributed by atoms with Gasteiger partial charge in [-0.3, -0.25) is 0 Å². The highest BCUT2D eigenvalue weighted by atomic mass is 16.5. The number of aliphatic hydroxyl groups is 1. The van der Waals surface area contributed by atoms with Crippen LogP contribution in [0.1, 0.15) is 32.1 Å². The fourth-order valence-corrected chi connectivity index (χ4v) is 2.69. The first kappa shape index (κ1) is 9.47. The summed E-state index contributed by atoms with van der Waals surface area (Å²) in [6, 6.07) is 0. The number of rotatable bonds is 3. The molecule has 2 heteroatoms. The van der Waals surface area contributed by atoms with Gasteiger partial charge in [0.2, 0.25) is 0 Å². The maximum absolute atomic E-state index is 9.37. The van der Waals surface area contributed by atoms with E-state index in [-0.39, 0.29) is 0 Å². The molecule has 0 aromatic heterocycles. The Hall–Kier alpha value is -0.0800. The van der Waals surface area contributed by atoms with Crippen LogP contribution in [0.15, 0.2) is 0 Å². The standard InChI is InChI=1S/C11H20O2/c12-8-11(9-2-1-3-9)10-4-6-13-7-5-10/h9-12H,1-8H2. The molecule has 0 spiro atoms. The smallest absolute Gasteiger partial charge is 0.0468 e. The first-order chi connectivity index (χ1) is 6.42. The van der Waals surface area contributed by atoms with Crippen molar-refractivity contribution >= 4 is 0 Å². The number of hydrogen-bond acceptors (Lipinski definition) is 2. The number of aliphatic hydroxyl groups excluding tert-OH is 1. The second-order valence-electron chi connectivity index (χ2n) is 4.49. The molecule has 76 valence electrons. The van der Waals surface area contributed by atoms with Gasteiger partial charge in [-0.2, -0.15) is 0 Å². The van der Waals surface area contributed by atoms with E-state index in [1.165, 1.54) is 32.1 Å². The number of ether oxygens (including phenoxy) is 1. The third-order valence-corrected chi connectivity index (χ3v) is 3.84. The van der Waals surface area contributed by atoms with Gasteiger partial charge in [-0.05, 0) is 30.6 Å². The molecule has 1 aliphatic heterocycles. The van der Waals surface area contributed by atoms with Crippen LogP contribution in [0, 0.1) is 17.8 Å². The quantitative estimate of drug-likeness (QED) is 0.725. The van der Waals surface area contributed by atoms with Gasteiger partial charge in [0.25, 0.3) is 0 Å². The van der Waals surface area contributed by atoms with Crippen molar-refractivity contribution in [1.29, 1.82) is 0 Å². The zero-order chi connectivity index (χ0) is 9.10. The van der Waals surface area contributed by atoms with Crippen LogP contribution in [0.3, 0.4) is 0 Å². The topological polar surface area (TPSA) is 29.5 Å². The predicted molar refractivity (Wildman–Crippen MR) is 51.5 cm³/mol. The van der Waals surface area contributed by atoms with E-state index in [1.54, 1.807) is 0 Å². The lowest BCUT2D eigenvalue weighted by Gasteiger charge is -2.39. The molecule has 1 N–H and O–H groups in total.